The fraction of sp³-hybridized carbons (Fsp3) is 0.357. The summed E-state index contributed by atoms with van der Waals surface area (Å²) in [6.45, 7) is 2.53. The van der Waals surface area contributed by atoms with Gasteiger partial charge in [0, 0.05) is 24.2 Å². The zero-order valence-corrected chi connectivity index (χ0v) is 10.3. The first-order chi connectivity index (χ1) is 8.66. The normalized spacial score (nSPS) is 20.8. The standard InChI is InChI=1S/C14H16N2O2/c1-9(14(18)16-7-6-13(16)17)12-8-10-4-2-3-5-11(10)15-12/h2-5,8-9,13,15,17H,6-7H2,1H3. The van der Waals surface area contributed by atoms with E-state index in [-0.39, 0.29) is 11.8 Å². The molecule has 1 aromatic heterocycles. The Morgan fingerprint density at radius 2 is 2.28 bits per heavy atom. The van der Waals surface area contributed by atoms with E-state index in [2.05, 4.69) is 4.98 Å². The number of rotatable bonds is 2. The van der Waals surface area contributed by atoms with Crippen molar-refractivity contribution in [1.29, 1.82) is 0 Å². The molecule has 0 bridgehead atoms. The molecule has 0 saturated carbocycles. The Morgan fingerprint density at radius 3 is 2.89 bits per heavy atom. The van der Waals surface area contributed by atoms with E-state index in [1.807, 2.05) is 37.3 Å². The molecule has 4 nitrogen and oxygen atoms in total. The van der Waals surface area contributed by atoms with Crippen LogP contribution in [0.3, 0.4) is 0 Å². The lowest BCUT2D eigenvalue weighted by atomic mass is 10.0. The third-order valence-electron chi connectivity index (χ3n) is 3.66. The Hall–Kier alpha value is -1.81. The van der Waals surface area contributed by atoms with E-state index >= 15 is 0 Å². The summed E-state index contributed by atoms with van der Waals surface area (Å²) < 4.78 is 0. The number of aliphatic hydroxyl groups is 1. The van der Waals surface area contributed by atoms with Gasteiger partial charge in [-0.2, -0.15) is 0 Å². The fourth-order valence-corrected chi connectivity index (χ4v) is 2.34. The fourth-order valence-electron chi connectivity index (χ4n) is 2.34. The van der Waals surface area contributed by atoms with Crippen LogP contribution in [-0.2, 0) is 4.79 Å². The van der Waals surface area contributed by atoms with Crippen LogP contribution in [0.25, 0.3) is 10.9 Å². The number of nitrogens with zero attached hydrogens (tertiary/aromatic N) is 1. The van der Waals surface area contributed by atoms with E-state index in [4.69, 9.17) is 0 Å². The molecule has 1 saturated heterocycles. The molecule has 18 heavy (non-hydrogen) atoms. The van der Waals surface area contributed by atoms with Crippen LogP contribution in [0.5, 0.6) is 0 Å². The van der Waals surface area contributed by atoms with Crippen molar-refractivity contribution in [1.82, 2.24) is 9.88 Å². The number of H-pyrrole nitrogens is 1. The molecule has 2 heterocycles. The maximum absolute atomic E-state index is 12.2. The monoisotopic (exact) mass is 244 g/mol. The average molecular weight is 244 g/mol. The topological polar surface area (TPSA) is 56.3 Å². The molecule has 1 aromatic carbocycles. The number of aromatic nitrogens is 1. The second-order valence-corrected chi connectivity index (χ2v) is 4.83. The number of hydrogen-bond donors (Lipinski definition) is 2. The maximum atomic E-state index is 12.2. The number of likely N-dealkylation sites (tertiary alicyclic amines) is 1. The molecular weight excluding hydrogens is 228 g/mol. The van der Waals surface area contributed by atoms with Crippen molar-refractivity contribution < 1.29 is 9.90 Å². The molecule has 1 aliphatic heterocycles. The van der Waals surface area contributed by atoms with E-state index < -0.39 is 6.23 Å². The SMILES string of the molecule is CC(C(=O)N1CCC1O)c1cc2ccccc2[nH]1. The quantitative estimate of drug-likeness (QED) is 0.846. The Kier molecular flexibility index (Phi) is 2.59. The molecule has 0 aliphatic carbocycles. The first-order valence-electron chi connectivity index (χ1n) is 6.23. The molecule has 1 aliphatic rings. The summed E-state index contributed by atoms with van der Waals surface area (Å²) in [6.07, 6.45) is 0.0925. The highest BCUT2D eigenvalue weighted by Gasteiger charge is 2.33. The van der Waals surface area contributed by atoms with Crippen LogP contribution in [0.2, 0.25) is 0 Å². The number of aliphatic hydroxyl groups excluding tert-OH is 1. The van der Waals surface area contributed by atoms with Crippen LogP contribution >= 0.6 is 0 Å². The summed E-state index contributed by atoms with van der Waals surface area (Å²) in [4.78, 5) is 16.9. The van der Waals surface area contributed by atoms with Crippen molar-refractivity contribution in [3.8, 4) is 0 Å². The number of carbonyl (C=O) groups excluding carboxylic acids is 1. The van der Waals surface area contributed by atoms with Gasteiger partial charge in [-0.15, -0.1) is 0 Å². The van der Waals surface area contributed by atoms with E-state index in [0.29, 0.717) is 13.0 Å². The summed E-state index contributed by atoms with van der Waals surface area (Å²) >= 11 is 0. The number of para-hydroxylation sites is 1. The van der Waals surface area contributed by atoms with E-state index in [0.717, 1.165) is 16.6 Å². The van der Waals surface area contributed by atoms with E-state index in [1.54, 1.807) is 0 Å². The number of benzene rings is 1. The zero-order chi connectivity index (χ0) is 12.7. The van der Waals surface area contributed by atoms with Crippen LogP contribution < -0.4 is 0 Å². The van der Waals surface area contributed by atoms with Gasteiger partial charge >= 0.3 is 0 Å². The van der Waals surface area contributed by atoms with Crippen molar-refractivity contribution in [2.24, 2.45) is 0 Å². The van der Waals surface area contributed by atoms with Crippen LogP contribution in [0.1, 0.15) is 25.0 Å². The van der Waals surface area contributed by atoms with Crippen LogP contribution in [0, 0.1) is 0 Å². The predicted octanol–water partition coefficient (Wildman–Crippen LogP) is 1.82. The molecule has 0 radical (unpaired) electrons. The molecule has 1 fully saturated rings. The van der Waals surface area contributed by atoms with Gasteiger partial charge in [0.2, 0.25) is 5.91 Å². The summed E-state index contributed by atoms with van der Waals surface area (Å²) in [7, 11) is 0. The Bertz CT molecular complexity index is 557. The highest BCUT2D eigenvalue weighted by molar-refractivity contribution is 5.87. The molecular formula is C14H16N2O2. The minimum Gasteiger partial charge on any atom is -0.373 e. The number of hydrogen-bond acceptors (Lipinski definition) is 2. The summed E-state index contributed by atoms with van der Waals surface area (Å²) in [5.74, 6) is -0.257. The molecule has 2 unspecified atom stereocenters. The van der Waals surface area contributed by atoms with Crippen molar-refractivity contribution in [3.63, 3.8) is 0 Å². The van der Waals surface area contributed by atoms with E-state index in [9.17, 15) is 9.90 Å². The molecule has 94 valence electrons. The average Bonchev–Trinajstić information content (AvgIpc) is 2.79. The van der Waals surface area contributed by atoms with Crippen LogP contribution in [0.15, 0.2) is 30.3 Å². The Labute approximate surface area is 105 Å². The van der Waals surface area contributed by atoms with Crippen LogP contribution in [0.4, 0.5) is 0 Å². The highest BCUT2D eigenvalue weighted by atomic mass is 16.3. The number of aromatic amines is 1. The molecule has 2 N–H and O–H groups in total. The van der Waals surface area contributed by atoms with Gasteiger partial charge in [0.15, 0.2) is 0 Å². The zero-order valence-electron chi connectivity index (χ0n) is 10.3. The second-order valence-electron chi connectivity index (χ2n) is 4.83. The first kappa shape index (κ1) is 11.3. The van der Waals surface area contributed by atoms with Crippen molar-refractivity contribution >= 4 is 16.8 Å². The van der Waals surface area contributed by atoms with Gasteiger partial charge in [0.25, 0.3) is 0 Å². The molecule has 0 spiro atoms. The largest absolute Gasteiger partial charge is 0.373 e. The smallest absolute Gasteiger partial charge is 0.233 e. The molecule has 3 rings (SSSR count). The summed E-state index contributed by atoms with van der Waals surface area (Å²) in [6, 6.07) is 9.96. The third-order valence-corrected chi connectivity index (χ3v) is 3.66. The predicted molar refractivity (Wildman–Crippen MR) is 69.1 cm³/mol. The second kappa shape index (κ2) is 4.14. The van der Waals surface area contributed by atoms with Gasteiger partial charge < -0.3 is 15.0 Å². The minimum absolute atomic E-state index is 0.0136. The van der Waals surface area contributed by atoms with Crippen molar-refractivity contribution in [2.75, 3.05) is 6.54 Å². The van der Waals surface area contributed by atoms with Crippen molar-refractivity contribution in [3.05, 3.63) is 36.0 Å². The molecule has 2 aromatic rings. The van der Waals surface area contributed by atoms with Gasteiger partial charge in [-0.1, -0.05) is 18.2 Å². The lowest BCUT2D eigenvalue weighted by Crippen LogP contribution is -2.52. The minimum atomic E-state index is -0.593. The Morgan fingerprint density at radius 1 is 1.50 bits per heavy atom. The molecule has 2 atom stereocenters. The molecule has 4 heteroatoms. The van der Waals surface area contributed by atoms with Gasteiger partial charge in [0.05, 0.1) is 5.92 Å². The van der Waals surface area contributed by atoms with Crippen LogP contribution in [-0.4, -0.2) is 33.7 Å². The summed E-state index contributed by atoms with van der Waals surface area (Å²) in [5, 5.41) is 10.6. The van der Waals surface area contributed by atoms with E-state index in [1.165, 1.54) is 4.90 Å². The maximum Gasteiger partial charge on any atom is 0.233 e. The lowest BCUT2D eigenvalue weighted by Gasteiger charge is -2.38. The van der Waals surface area contributed by atoms with Gasteiger partial charge in [-0.25, -0.2) is 0 Å². The summed E-state index contributed by atoms with van der Waals surface area (Å²) in [5.41, 5.74) is 1.94. The Balaban J connectivity index is 1.87. The lowest BCUT2D eigenvalue weighted by molar-refractivity contribution is -0.155. The number of fused-ring (bicyclic) bond motifs is 1. The third kappa shape index (κ3) is 1.69. The highest BCUT2D eigenvalue weighted by Crippen LogP contribution is 2.26. The van der Waals surface area contributed by atoms with Gasteiger partial charge in [0.1, 0.15) is 6.23 Å². The van der Waals surface area contributed by atoms with Gasteiger partial charge in [-0.05, 0) is 24.4 Å². The molecule has 1 amide bonds. The van der Waals surface area contributed by atoms with Gasteiger partial charge in [-0.3, -0.25) is 4.79 Å². The number of nitrogens with one attached hydrogen (secondary N) is 1. The number of amides is 1. The van der Waals surface area contributed by atoms with Crippen molar-refractivity contribution in [2.45, 2.75) is 25.5 Å². The first-order valence-corrected chi connectivity index (χ1v) is 6.23. The number of carbonyl (C=O) groups is 1.